The van der Waals surface area contributed by atoms with Gasteiger partial charge in [-0.05, 0) is 109 Å². The maximum atomic E-state index is 16.7. The molecule has 1 unspecified atom stereocenters. The Labute approximate surface area is 294 Å². The SMILES string of the molecule is Cc1cc(C)c(-c2cc(C(C)(C)F)c(F)c([C@H](CC(=O)O)NC(=O)C(CC(C)C)n3cc(CCCN(C)C)c(C(F)(F)F)cc3=O)c2F)c(C)c1. The topological polar surface area (TPSA) is 91.6 Å². The molecule has 3 rings (SSSR count). The van der Waals surface area contributed by atoms with E-state index in [9.17, 15) is 32.7 Å². The summed E-state index contributed by atoms with van der Waals surface area (Å²) in [7, 11) is 3.51. The van der Waals surface area contributed by atoms with Crippen LogP contribution in [0.1, 0.15) is 98.0 Å². The van der Waals surface area contributed by atoms with Gasteiger partial charge in [-0.15, -0.1) is 0 Å². The van der Waals surface area contributed by atoms with E-state index < -0.39 is 76.1 Å². The quantitative estimate of drug-likeness (QED) is 0.163. The lowest BCUT2D eigenvalue weighted by atomic mass is 9.85. The second-order valence-corrected chi connectivity index (χ2v) is 14.4. The van der Waals surface area contributed by atoms with Crippen molar-refractivity contribution in [3.63, 3.8) is 0 Å². The Bertz CT molecular complexity index is 1800. The van der Waals surface area contributed by atoms with E-state index in [0.717, 1.165) is 36.2 Å². The molecule has 0 saturated heterocycles. The van der Waals surface area contributed by atoms with Crippen molar-refractivity contribution in [1.29, 1.82) is 0 Å². The van der Waals surface area contributed by atoms with Gasteiger partial charge in [-0.1, -0.05) is 31.5 Å². The first-order chi connectivity index (χ1) is 23.4. The highest BCUT2D eigenvalue weighted by molar-refractivity contribution is 5.82. The molecule has 1 amide bonds. The van der Waals surface area contributed by atoms with Crippen LogP contribution in [0.2, 0.25) is 0 Å². The third kappa shape index (κ3) is 10.0. The molecule has 0 aliphatic carbocycles. The Morgan fingerprint density at radius 2 is 1.53 bits per heavy atom. The van der Waals surface area contributed by atoms with Crippen LogP contribution in [0.25, 0.3) is 11.1 Å². The minimum atomic E-state index is -4.86. The number of hydrogen-bond acceptors (Lipinski definition) is 4. The van der Waals surface area contributed by atoms with Gasteiger partial charge in [0.25, 0.3) is 5.56 Å². The second-order valence-electron chi connectivity index (χ2n) is 14.4. The van der Waals surface area contributed by atoms with Gasteiger partial charge in [-0.25, -0.2) is 13.2 Å². The van der Waals surface area contributed by atoms with Gasteiger partial charge in [0.1, 0.15) is 23.3 Å². The molecular formula is C38H47F6N3O4. The second kappa shape index (κ2) is 16.0. The van der Waals surface area contributed by atoms with E-state index in [1.165, 1.54) is 0 Å². The van der Waals surface area contributed by atoms with E-state index >= 15 is 13.2 Å². The fourth-order valence-electron chi connectivity index (χ4n) is 6.53. The van der Waals surface area contributed by atoms with E-state index in [4.69, 9.17) is 0 Å². The van der Waals surface area contributed by atoms with E-state index in [1.54, 1.807) is 58.8 Å². The molecule has 0 aliphatic rings. The molecule has 0 spiro atoms. The van der Waals surface area contributed by atoms with Crippen LogP contribution >= 0.6 is 0 Å². The van der Waals surface area contributed by atoms with Crippen molar-refractivity contribution >= 4 is 11.9 Å². The smallest absolute Gasteiger partial charge is 0.416 e. The number of carboxylic acids is 1. The number of aryl methyl sites for hydroxylation is 4. The van der Waals surface area contributed by atoms with Gasteiger partial charge in [0, 0.05) is 29.0 Å². The van der Waals surface area contributed by atoms with Gasteiger partial charge in [0.05, 0.1) is 18.0 Å². The number of carboxylic acid groups (broad SMARTS) is 1. The average molecular weight is 724 g/mol. The molecule has 280 valence electrons. The summed E-state index contributed by atoms with van der Waals surface area (Å²) in [6, 6.07) is 1.59. The molecule has 2 N–H and O–H groups in total. The van der Waals surface area contributed by atoms with Gasteiger partial charge < -0.3 is 19.9 Å². The number of carbonyl (C=O) groups excluding carboxylic acids is 1. The minimum Gasteiger partial charge on any atom is -0.481 e. The van der Waals surface area contributed by atoms with Gasteiger partial charge >= 0.3 is 12.1 Å². The predicted molar refractivity (Wildman–Crippen MR) is 184 cm³/mol. The molecule has 0 saturated carbocycles. The van der Waals surface area contributed by atoms with Crippen molar-refractivity contribution in [2.75, 3.05) is 20.6 Å². The molecule has 0 fully saturated rings. The number of amides is 1. The van der Waals surface area contributed by atoms with E-state index in [2.05, 4.69) is 5.32 Å². The molecule has 0 radical (unpaired) electrons. The van der Waals surface area contributed by atoms with E-state index in [1.807, 2.05) is 6.92 Å². The summed E-state index contributed by atoms with van der Waals surface area (Å²) < 4.78 is 91.5. The van der Waals surface area contributed by atoms with Crippen molar-refractivity contribution in [3.05, 3.63) is 91.4 Å². The number of hydrogen-bond donors (Lipinski definition) is 2. The van der Waals surface area contributed by atoms with Crippen LogP contribution in [-0.4, -0.2) is 47.1 Å². The van der Waals surface area contributed by atoms with Crippen LogP contribution < -0.4 is 10.9 Å². The van der Waals surface area contributed by atoms with Crippen molar-refractivity contribution in [2.45, 2.75) is 98.1 Å². The molecule has 0 bridgehead atoms. The Morgan fingerprint density at radius 1 is 0.941 bits per heavy atom. The molecule has 3 aromatic rings. The zero-order valence-electron chi connectivity index (χ0n) is 30.5. The molecule has 1 aromatic heterocycles. The Balaban J connectivity index is 2.27. The summed E-state index contributed by atoms with van der Waals surface area (Å²) in [5, 5.41) is 12.2. The van der Waals surface area contributed by atoms with Crippen LogP contribution in [0.5, 0.6) is 0 Å². The van der Waals surface area contributed by atoms with Gasteiger partial charge in [0.15, 0.2) is 0 Å². The number of nitrogens with one attached hydrogen (secondary N) is 1. The number of pyridine rings is 1. The van der Waals surface area contributed by atoms with Crippen LogP contribution in [-0.2, 0) is 27.9 Å². The van der Waals surface area contributed by atoms with Gasteiger partial charge in [0.2, 0.25) is 5.91 Å². The highest BCUT2D eigenvalue weighted by Crippen LogP contribution is 2.41. The molecule has 2 aromatic carbocycles. The largest absolute Gasteiger partial charge is 0.481 e. The Kier molecular flexibility index (Phi) is 13.0. The fourth-order valence-corrected chi connectivity index (χ4v) is 6.53. The van der Waals surface area contributed by atoms with Crippen molar-refractivity contribution in [2.24, 2.45) is 5.92 Å². The standard InChI is InChI=1S/C38H47F6N3O4/c1-20(2)13-29(47-19-24(11-10-12-46(8)9)26(17-30(47)48)38(42,43)44)36(51)45-28(18-31(49)50)33-34(39)25(16-27(35(33)40)37(6,7)41)32-22(4)14-21(3)15-23(32)5/h14-17,19-20,28-29H,10-13,18H2,1-9H3,(H,45,51)(H,49,50)/t28-,29?/m0/s1. The normalized spacial score (nSPS) is 13.5. The Morgan fingerprint density at radius 3 is 2.02 bits per heavy atom. The van der Waals surface area contributed by atoms with Gasteiger partial charge in [-0.3, -0.25) is 14.4 Å². The predicted octanol–water partition coefficient (Wildman–Crippen LogP) is 8.36. The molecule has 2 atom stereocenters. The first-order valence-corrected chi connectivity index (χ1v) is 16.7. The van der Waals surface area contributed by atoms with Crippen molar-refractivity contribution < 1.29 is 41.0 Å². The maximum absolute atomic E-state index is 16.7. The third-order valence-corrected chi connectivity index (χ3v) is 8.72. The van der Waals surface area contributed by atoms with Crippen LogP contribution in [0.4, 0.5) is 26.3 Å². The summed E-state index contributed by atoms with van der Waals surface area (Å²) in [5.74, 6) is -5.52. The summed E-state index contributed by atoms with van der Waals surface area (Å²) >= 11 is 0. The molecular weight excluding hydrogens is 676 g/mol. The fraction of sp³-hybridized carbons (Fsp3) is 0.500. The lowest BCUT2D eigenvalue weighted by Gasteiger charge is -2.28. The molecule has 13 heteroatoms. The molecule has 7 nitrogen and oxygen atoms in total. The zero-order chi connectivity index (χ0) is 38.7. The van der Waals surface area contributed by atoms with E-state index in [-0.39, 0.29) is 29.9 Å². The summed E-state index contributed by atoms with van der Waals surface area (Å²) in [6.07, 6.45) is -4.78. The minimum absolute atomic E-state index is 0.0756. The zero-order valence-corrected chi connectivity index (χ0v) is 30.5. The number of halogens is 6. The lowest BCUT2D eigenvalue weighted by molar-refractivity contribution is -0.139. The van der Waals surface area contributed by atoms with E-state index in [0.29, 0.717) is 35.7 Å². The average Bonchev–Trinajstić information content (AvgIpc) is 2.95. The molecule has 51 heavy (non-hydrogen) atoms. The van der Waals surface area contributed by atoms with Crippen molar-refractivity contribution in [3.8, 4) is 11.1 Å². The summed E-state index contributed by atoms with van der Waals surface area (Å²) in [4.78, 5) is 41.3. The number of alkyl halides is 4. The van der Waals surface area contributed by atoms with Crippen LogP contribution in [0.15, 0.2) is 35.3 Å². The molecule has 0 aliphatic heterocycles. The number of rotatable bonds is 14. The number of benzene rings is 2. The molecule has 1 heterocycles. The first kappa shape index (κ1) is 41.3. The number of aromatic nitrogens is 1. The maximum Gasteiger partial charge on any atom is 0.416 e. The summed E-state index contributed by atoms with van der Waals surface area (Å²) in [5.41, 5.74) is -4.18. The highest BCUT2D eigenvalue weighted by Gasteiger charge is 2.38. The highest BCUT2D eigenvalue weighted by atomic mass is 19.4. The first-order valence-electron chi connectivity index (χ1n) is 16.7. The monoisotopic (exact) mass is 723 g/mol. The summed E-state index contributed by atoms with van der Waals surface area (Å²) in [6.45, 7) is 11.2. The third-order valence-electron chi connectivity index (χ3n) is 8.72. The number of aliphatic carboxylic acids is 1. The van der Waals surface area contributed by atoms with Crippen molar-refractivity contribution in [1.82, 2.24) is 14.8 Å². The van der Waals surface area contributed by atoms with Crippen LogP contribution in [0.3, 0.4) is 0 Å². The Hall–Kier alpha value is -4.13. The lowest BCUT2D eigenvalue weighted by Crippen LogP contribution is -2.41. The number of carbonyl (C=O) groups is 2. The van der Waals surface area contributed by atoms with Crippen LogP contribution in [0, 0.1) is 38.3 Å². The number of nitrogens with zero attached hydrogens (tertiary/aromatic N) is 2. The van der Waals surface area contributed by atoms with Gasteiger partial charge in [-0.2, -0.15) is 13.2 Å².